The summed E-state index contributed by atoms with van der Waals surface area (Å²) >= 11 is 1.48. The van der Waals surface area contributed by atoms with Crippen LogP contribution in [0.2, 0.25) is 0 Å². The van der Waals surface area contributed by atoms with Crippen LogP contribution < -0.4 is 5.73 Å². The quantitative estimate of drug-likeness (QED) is 0.863. The molecule has 0 amide bonds. The molecule has 8 heteroatoms. The van der Waals surface area contributed by atoms with E-state index in [1.807, 2.05) is 6.26 Å². The molecule has 2 N–H and O–H groups in total. The molecule has 1 aromatic rings. The number of hydrogen-bond acceptors (Lipinski definition) is 4. The molecule has 0 saturated carbocycles. The average Bonchev–Trinajstić information content (AvgIpc) is 2.36. The lowest BCUT2D eigenvalue weighted by atomic mass is 10.2. The highest BCUT2D eigenvalue weighted by molar-refractivity contribution is 7.98. The fourth-order valence-corrected chi connectivity index (χ4v) is 3.30. The number of sulfonamides is 1. The fraction of sp³-hybridized carbons (Fsp3) is 0.455. The van der Waals surface area contributed by atoms with Crippen molar-refractivity contribution in [2.45, 2.75) is 11.4 Å². The SMILES string of the molecule is CSCCN(C)S(=O)(=O)c1ccc(F)c(CN)c1F. The van der Waals surface area contributed by atoms with E-state index in [1.54, 1.807) is 0 Å². The zero-order valence-electron chi connectivity index (χ0n) is 10.7. The van der Waals surface area contributed by atoms with Gasteiger partial charge in [0.25, 0.3) is 0 Å². The Morgan fingerprint density at radius 2 is 2.00 bits per heavy atom. The Labute approximate surface area is 116 Å². The smallest absolute Gasteiger partial charge is 0.245 e. The van der Waals surface area contributed by atoms with Crippen molar-refractivity contribution in [3.8, 4) is 0 Å². The van der Waals surface area contributed by atoms with E-state index >= 15 is 0 Å². The predicted octanol–water partition coefficient (Wildman–Crippen LogP) is 1.41. The Balaban J connectivity index is 3.22. The Morgan fingerprint density at radius 1 is 1.37 bits per heavy atom. The summed E-state index contributed by atoms with van der Waals surface area (Å²) in [5.74, 6) is -1.37. The molecule has 0 radical (unpaired) electrons. The first kappa shape index (κ1) is 16.4. The van der Waals surface area contributed by atoms with E-state index in [0.717, 1.165) is 16.4 Å². The van der Waals surface area contributed by atoms with Gasteiger partial charge in [-0.15, -0.1) is 0 Å². The molecule has 4 nitrogen and oxygen atoms in total. The lowest BCUT2D eigenvalue weighted by Crippen LogP contribution is -2.30. The summed E-state index contributed by atoms with van der Waals surface area (Å²) in [6.07, 6.45) is 1.84. The molecule has 19 heavy (non-hydrogen) atoms. The second kappa shape index (κ2) is 6.65. The van der Waals surface area contributed by atoms with Crippen molar-refractivity contribution in [2.75, 3.05) is 25.6 Å². The Hall–Kier alpha value is -0.700. The van der Waals surface area contributed by atoms with Gasteiger partial charge in [0.15, 0.2) is 5.82 Å². The van der Waals surface area contributed by atoms with Gasteiger partial charge in [-0.1, -0.05) is 0 Å². The van der Waals surface area contributed by atoms with Crippen LogP contribution in [0, 0.1) is 11.6 Å². The summed E-state index contributed by atoms with van der Waals surface area (Å²) in [5, 5.41) is 0. The number of benzene rings is 1. The largest absolute Gasteiger partial charge is 0.326 e. The first-order valence-corrected chi connectivity index (χ1v) is 8.31. The number of nitrogens with zero attached hydrogens (tertiary/aromatic N) is 1. The Morgan fingerprint density at radius 3 is 2.53 bits per heavy atom. The number of thioether (sulfide) groups is 1. The number of nitrogens with two attached hydrogens (primary N) is 1. The average molecular weight is 310 g/mol. The van der Waals surface area contributed by atoms with Gasteiger partial charge < -0.3 is 5.73 Å². The van der Waals surface area contributed by atoms with Crippen LogP contribution in [-0.4, -0.2) is 38.3 Å². The second-order valence-electron chi connectivity index (χ2n) is 3.86. The lowest BCUT2D eigenvalue weighted by Gasteiger charge is -2.18. The summed E-state index contributed by atoms with van der Waals surface area (Å²) in [7, 11) is -2.61. The summed E-state index contributed by atoms with van der Waals surface area (Å²) in [6, 6.07) is 1.84. The van der Waals surface area contributed by atoms with Crippen molar-refractivity contribution < 1.29 is 17.2 Å². The molecule has 0 atom stereocenters. The Bertz CT molecular complexity index is 550. The van der Waals surface area contributed by atoms with E-state index < -0.39 is 38.7 Å². The van der Waals surface area contributed by atoms with E-state index in [2.05, 4.69) is 0 Å². The van der Waals surface area contributed by atoms with E-state index in [0.29, 0.717) is 5.75 Å². The highest BCUT2D eigenvalue weighted by Crippen LogP contribution is 2.23. The maximum atomic E-state index is 14.0. The molecule has 0 bridgehead atoms. The van der Waals surface area contributed by atoms with Crippen molar-refractivity contribution in [1.29, 1.82) is 0 Å². The molecule has 0 saturated heterocycles. The molecule has 0 spiro atoms. The zero-order valence-corrected chi connectivity index (χ0v) is 12.3. The van der Waals surface area contributed by atoms with Crippen LogP contribution in [0.4, 0.5) is 8.78 Å². The number of halogens is 2. The fourth-order valence-electron chi connectivity index (χ4n) is 1.47. The van der Waals surface area contributed by atoms with Gasteiger partial charge in [0.2, 0.25) is 10.0 Å². The molecule has 0 fully saturated rings. The highest BCUT2D eigenvalue weighted by atomic mass is 32.2. The molecule has 0 aliphatic heterocycles. The summed E-state index contributed by atoms with van der Waals surface area (Å²) in [4.78, 5) is -0.544. The van der Waals surface area contributed by atoms with Crippen LogP contribution >= 0.6 is 11.8 Å². The van der Waals surface area contributed by atoms with Crippen LogP contribution in [0.15, 0.2) is 17.0 Å². The van der Waals surface area contributed by atoms with Crippen molar-refractivity contribution in [3.05, 3.63) is 29.3 Å². The van der Waals surface area contributed by atoms with E-state index in [9.17, 15) is 17.2 Å². The predicted molar refractivity (Wildman–Crippen MR) is 72.4 cm³/mol. The molecule has 1 rings (SSSR count). The first-order valence-electron chi connectivity index (χ1n) is 5.48. The summed E-state index contributed by atoms with van der Waals surface area (Å²) < 4.78 is 52.6. The molecular weight excluding hydrogens is 294 g/mol. The topological polar surface area (TPSA) is 63.4 Å². The van der Waals surface area contributed by atoms with Gasteiger partial charge in [0, 0.05) is 31.5 Å². The molecule has 108 valence electrons. The third-order valence-corrected chi connectivity index (χ3v) is 5.12. The van der Waals surface area contributed by atoms with E-state index in [4.69, 9.17) is 5.73 Å². The third-order valence-electron chi connectivity index (χ3n) is 2.65. The monoisotopic (exact) mass is 310 g/mol. The van der Waals surface area contributed by atoms with Crippen molar-refractivity contribution in [3.63, 3.8) is 0 Å². The number of hydrogen-bond donors (Lipinski definition) is 1. The zero-order chi connectivity index (χ0) is 14.6. The van der Waals surface area contributed by atoms with Crippen LogP contribution in [0.1, 0.15) is 5.56 Å². The molecule has 1 aromatic carbocycles. The van der Waals surface area contributed by atoms with Gasteiger partial charge in [-0.3, -0.25) is 0 Å². The van der Waals surface area contributed by atoms with E-state index in [1.165, 1.54) is 18.8 Å². The minimum absolute atomic E-state index is 0.248. The van der Waals surface area contributed by atoms with E-state index in [-0.39, 0.29) is 6.54 Å². The standard InChI is InChI=1S/C11H16F2N2O2S2/c1-15(5-6-18-2)19(16,17)10-4-3-9(12)8(7-14)11(10)13/h3-4H,5-7,14H2,1-2H3. The Kier molecular flexibility index (Phi) is 5.72. The van der Waals surface area contributed by atoms with Gasteiger partial charge in [0.05, 0.1) is 0 Å². The van der Waals surface area contributed by atoms with Gasteiger partial charge in [-0.25, -0.2) is 21.5 Å². The molecular formula is C11H16F2N2O2S2. The van der Waals surface area contributed by atoms with Crippen LogP contribution in [0.3, 0.4) is 0 Å². The van der Waals surface area contributed by atoms with Gasteiger partial charge in [0.1, 0.15) is 10.7 Å². The molecule has 0 aliphatic carbocycles. The lowest BCUT2D eigenvalue weighted by molar-refractivity contribution is 0.474. The van der Waals surface area contributed by atoms with Gasteiger partial charge in [-0.2, -0.15) is 11.8 Å². The maximum absolute atomic E-state index is 14.0. The first-order chi connectivity index (χ1) is 8.86. The molecule has 0 aliphatic rings. The van der Waals surface area contributed by atoms with Gasteiger partial charge >= 0.3 is 0 Å². The highest BCUT2D eigenvalue weighted by Gasteiger charge is 2.26. The van der Waals surface area contributed by atoms with Crippen molar-refractivity contribution in [1.82, 2.24) is 4.31 Å². The van der Waals surface area contributed by atoms with Crippen LogP contribution in [0.25, 0.3) is 0 Å². The number of rotatable bonds is 6. The second-order valence-corrected chi connectivity index (χ2v) is 6.86. The summed E-state index contributed by atoms with van der Waals surface area (Å²) in [5.41, 5.74) is 4.81. The summed E-state index contributed by atoms with van der Waals surface area (Å²) in [6.45, 7) is -0.145. The van der Waals surface area contributed by atoms with Gasteiger partial charge in [-0.05, 0) is 18.4 Å². The molecule has 0 heterocycles. The van der Waals surface area contributed by atoms with Crippen LogP contribution in [0.5, 0.6) is 0 Å². The third kappa shape index (κ3) is 3.44. The minimum atomic E-state index is -3.97. The maximum Gasteiger partial charge on any atom is 0.245 e. The van der Waals surface area contributed by atoms with Crippen molar-refractivity contribution >= 4 is 21.8 Å². The minimum Gasteiger partial charge on any atom is -0.326 e. The van der Waals surface area contributed by atoms with Crippen LogP contribution in [-0.2, 0) is 16.6 Å². The molecule has 0 unspecified atom stereocenters. The van der Waals surface area contributed by atoms with Crippen molar-refractivity contribution in [2.24, 2.45) is 5.73 Å². The normalized spacial score (nSPS) is 12.1. The molecule has 0 aromatic heterocycles.